The third-order valence-electron chi connectivity index (χ3n) is 5.15. The van der Waals surface area contributed by atoms with Crippen LogP contribution in [0.1, 0.15) is 31.5 Å². The van der Waals surface area contributed by atoms with Crippen molar-refractivity contribution in [3.8, 4) is 0 Å². The molecule has 2 aliphatic rings. The van der Waals surface area contributed by atoms with Crippen molar-refractivity contribution in [1.29, 1.82) is 0 Å². The molecule has 0 aliphatic carbocycles. The third kappa shape index (κ3) is 3.89. The molecule has 1 N–H and O–H groups in total. The Morgan fingerprint density at radius 2 is 2.11 bits per heavy atom. The van der Waals surface area contributed by atoms with Gasteiger partial charge in [-0.3, -0.25) is 4.79 Å². The van der Waals surface area contributed by atoms with E-state index in [0.29, 0.717) is 30.0 Å². The van der Waals surface area contributed by atoms with Gasteiger partial charge < -0.3 is 15.0 Å². The largest absolute Gasteiger partial charge is 0.453 e. The molecule has 11 heteroatoms. The highest BCUT2D eigenvalue weighted by Crippen LogP contribution is 2.28. The minimum absolute atomic E-state index is 0.0268. The average Bonchev–Trinajstić information content (AvgIpc) is 3.34. The Hall–Kier alpha value is -2.43. The maximum Gasteiger partial charge on any atom is 0.453 e. The van der Waals surface area contributed by atoms with Gasteiger partial charge in [0.2, 0.25) is 5.91 Å². The van der Waals surface area contributed by atoms with E-state index in [1.165, 1.54) is 6.07 Å². The molecule has 0 spiro atoms. The van der Waals surface area contributed by atoms with Crippen LogP contribution >= 0.6 is 0 Å². The number of amides is 1. The number of ether oxygens (including phenoxy) is 1. The Labute approximate surface area is 159 Å². The molecule has 0 saturated carbocycles. The van der Waals surface area contributed by atoms with E-state index >= 15 is 0 Å². The van der Waals surface area contributed by atoms with Crippen LogP contribution in [0.25, 0.3) is 5.65 Å². The van der Waals surface area contributed by atoms with Gasteiger partial charge in [0.25, 0.3) is 5.82 Å². The van der Waals surface area contributed by atoms with Crippen LogP contribution < -0.4 is 10.2 Å². The average molecular weight is 398 g/mol. The van der Waals surface area contributed by atoms with E-state index in [1.807, 2.05) is 4.90 Å². The van der Waals surface area contributed by atoms with E-state index < -0.39 is 12.0 Å². The second-order valence-corrected chi connectivity index (χ2v) is 7.15. The van der Waals surface area contributed by atoms with Gasteiger partial charge >= 0.3 is 6.18 Å². The smallest absolute Gasteiger partial charge is 0.376 e. The minimum Gasteiger partial charge on any atom is -0.376 e. The molecule has 2 saturated heterocycles. The van der Waals surface area contributed by atoms with E-state index in [4.69, 9.17) is 4.74 Å². The van der Waals surface area contributed by atoms with Crippen molar-refractivity contribution >= 4 is 17.4 Å². The lowest BCUT2D eigenvalue weighted by Gasteiger charge is -2.32. The second-order valence-electron chi connectivity index (χ2n) is 7.15. The molecule has 1 amide bonds. The molecule has 0 radical (unpaired) electrons. The van der Waals surface area contributed by atoms with Crippen molar-refractivity contribution in [3.05, 3.63) is 18.0 Å². The number of carbonyl (C=O) groups excluding carboxylic acids is 1. The summed E-state index contributed by atoms with van der Waals surface area (Å²) in [6, 6.07) is 3.06. The molecule has 8 nitrogen and oxygen atoms in total. The summed E-state index contributed by atoms with van der Waals surface area (Å²) in [5.41, 5.74) is 0.0268. The van der Waals surface area contributed by atoms with Crippen LogP contribution in [0.3, 0.4) is 0 Å². The summed E-state index contributed by atoms with van der Waals surface area (Å²) < 4.78 is 45.4. The summed E-state index contributed by atoms with van der Waals surface area (Å²) in [7, 11) is 0. The standard InChI is InChI=1S/C17H21F3N6O2/c18-17(19,20)16-23-22-13-5-6-14(24-26(13)16)25-7-1-3-11(10-25)15(27)21-9-12-4-2-8-28-12/h5-6,11-12H,1-4,7-10H2,(H,21,27). The van der Waals surface area contributed by atoms with Gasteiger partial charge in [0.1, 0.15) is 5.82 Å². The molecule has 4 rings (SSSR count). The first-order chi connectivity index (χ1) is 13.4. The van der Waals surface area contributed by atoms with Crippen molar-refractivity contribution in [3.63, 3.8) is 0 Å². The predicted molar refractivity (Wildman–Crippen MR) is 92.7 cm³/mol. The number of halogens is 3. The highest BCUT2D eigenvalue weighted by Gasteiger charge is 2.38. The molecule has 2 fully saturated rings. The molecule has 2 aromatic rings. The van der Waals surface area contributed by atoms with Crippen LogP contribution in [-0.2, 0) is 15.7 Å². The molecule has 0 bridgehead atoms. The molecule has 2 aliphatic heterocycles. The molecule has 152 valence electrons. The van der Waals surface area contributed by atoms with Crippen molar-refractivity contribution in [1.82, 2.24) is 25.1 Å². The number of hydrogen-bond acceptors (Lipinski definition) is 6. The zero-order valence-corrected chi connectivity index (χ0v) is 15.2. The van der Waals surface area contributed by atoms with Gasteiger partial charge in [-0.25, -0.2) is 0 Å². The minimum atomic E-state index is -4.64. The number of aromatic nitrogens is 4. The topological polar surface area (TPSA) is 84.6 Å². The maximum atomic E-state index is 13.1. The molecule has 0 aromatic carbocycles. The van der Waals surface area contributed by atoms with Crippen LogP contribution in [0.4, 0.5) is 19.0 Å². The highest BCUT2D eigenvalue weighted by atomic mass is 19.4. The Morgan fingerprint density at radius 3 is 2.86 bits per heavy atom. The van der Waals surface area contributed by atoms with Crippen molar-refractivity contribution in [2.45, 2.75) is 38.0 Å². The number of rotatable bonds is 4. The summed E-state index contributed by atoms with van der Waals surface area (Å²) in [5, 5.41) is 13.7. The van der Waals surface area contributed by atoms with Crippen LogP contribution in [0.2, 0.25) is 0 Å². The Morgan fingerprint density at radius 1 is 1.25 bits per heavy atom. The lowest BCUT2D eigenvalue weighted by Crippen LogP contribution is -2.45. The molecular formula is C17H21F3N6O2. The zero-order valence-electron chi connectivity index (χ0n) is 15.2. The third-order valence-corrected chi connectivity index (χ3v) is 5.15. The Kier molecular flexibility index (Phi) is 5.09. The van der Waals surface area contributed by atoms with Crippen LogP contribution in [0.5, 0.6) is 0 Å². The van der Waals surface area contributed by atoms with Gasteiger partial charge in [-0.15, -0.1) is 15.3 Å². The van der Waals surface area contributed by atoms with Gasteiger partial charge in [-0.05, 0) is 37.8 Å². The fourth-order valence-corrected chi connectivity index (χ4v) is 3.69. The quantitative estimate of drug-likeness (QED) is 0.843. The Bertz CT molecular complexity index is 849. The number of nitrogens with one attached hydrogen (secondary N) is 1. The maximum absolute atomic E-state index is 13.1. The SMILES string of the molecule is O=C(NCC1CCCO1)C1CCCN(c2ccc3nnc(C(F)(F)F)n3n2)C1. The fraction of sp³-hybridized carbons (Fsp3) is 0.647. The van der Waals surface area contributed by atoms with Crippen molar-refractivity contribution in [2.24, 2.45) is 5.92 Å². The summed E-state index contributed by atoms with van der Waals surface area (Å²) >= 11 is 0. The van der Waals surface area contributed by atoms with E-state index in [9.17, 15) is 18.0 Å². The Balaban J connectivity index is 1.45. The first-order valence-electron chi connectivity index (χ1n) is 9.36. The number of anilines is 1. The van der Waals surface area contributed by atoms with Gasteiger partial charge in [0.15, 0.2) is 5.65 Å². The van der Waals surface area contributed by atoms with E-state index in [0.717, 1.165) is 32.3 Å². The summed E-state index contributed by atoms with van der Waals surface area (Å²) in [6.45, 7) is 2.25. The van der Waals surface area contributed by atoms with E-state index in [1.54, 1.807) is 6.07 Å². The lowest BCUT2D eigenvalue weighted by molar-refractivity contribution is -0.146. The summed E-state index contributed by atoms with van der Waals surface area (Å²) in [4.78, 5) is 14.3. The van der Waals surface area contributed by atoms with E-state index in [-0.39, 0.29) is 23.6 Å². The number of piperidine rings is 1. The van der Waals surface area contributed by atoms with Gasteiger partial charge in [-0.2, -0.15) is 17.7 Å². The molecule has 2 aromatic heterocycles. The number of nitrogens with zero attached hydrogens (tertiary/aromatic N) is 5. The summed E-state index contributed by atoms with van der Waals surface area (Å²) in [5.74, 6) is -1.08. The first-order valence-corrected chi connectivity index (χ1v) is 9.36. The molecule has 2 atom stereocenters. The first kappa shape index (κ1) is 18.9. The molecular weight excluding hydrogens is 377 g/mol. The summed E-state index contributed by atoms with van der Waals surface area (Å²) in [6.07, 6.45) is -1.13. The number of alkyl halides is 3. The van der Waals surface area contributed by atoms with Crippen LogP contribution in [0, 0.1) is 5.92 Å². The fourth-order valence-electron chi connectivity index (χ4n) is 3.69. The van der Waals surface area contributed by atoms with Gasteiger partial charge in [0, 0.05) is 26.2 Å². The van der Waals surface area contributed by atoms with Crippen LogP contribution in [0.15, 0.2) is 12.1 Å². The van der Waals surface area contributed by atoms with E-state index in [2.05, 4.69) is 20.6 Å². The molecule has 2 unspecified atom stereocenters. The normalized spacial score (nSPS) is 23.3. The zero-order chi connectivity index (χ0) is 19.7. The van der Waals surface area contributed by atoms with Crippen molar-refractivity contribution < 1.29 is 22.7 Å². The van der Waals surface area contributed by atoms with Gasteiger partial charge in [-0.1, -0.05) is 0 Å². The number of hydrogen-bond donors (Lipinski definition) is 1. The van der Waals surface area contributed by atoms with Crippen molar-refractivity contribution in [2.75, 3.05) is 31.1 Å². The number of carbonyl (C=O) groups is 1. The molecule has 4 heterocycles. The van der Waals surface area contributed by atoms with Crippen LogP contribution in [-0.4, -0.2) is 58.1 Å². The van der Waals surface area contributed by atoms with Gasteiger partial charge in [0.05, 0.1) is 12.0 Å². The lowest BCUT2D eigenvalue weighted by atomic mass is 9.97. The number of fused-ring (bicyclic) bond motifs is 1. The monoisotopic (exact) mass is 398 g/mol. The predicted octanol–water partition coefficient (Wildman–Crippen LogP) is 1.65. The second kappa shape index (κ2) is 7.53. The highest BCUT2D eigenvalue weighted by molar-refractivity contribution is 5.79. The molecule has 28 heavy (non-hydrogen) atoms.